The quantitative estimate of drug-likeness (QED) is 0.515. The van der Waals surface area contributed by atoms with Crippen molar-refractivity contribution in [3.8, 4) is 11.3 Å². The number of hydrogen-bond donors (Lipinski definition) is 0. The molecule has 0 amide bonds. The van der Waals surface area contributed by atoms with Crippen LogP contribution in [0.5, 0.6) is 0 Å². The molecule has 1 aromatic heterocycles. The van der Waals surface area contributed by atoms with Crippen LogP contribution in [-0.2, 0) is 0 Å². The topological polar surface area (TPSA) is 13.1 Å². The Labute approximate surface area is 128 Å². The van der Waals surface area contributed by atoms with E-state index in [1.54, 1.807) is 0 Å². The second-order valence-electron chi connectivity index (χ2n) is 5.76. The molecule has 3 aromatic rings. The molecule has 0 spiro atoms. The van der Waals surface area contributed by atoms with Crippen molar-refractivity contribution in [2.24, 2.45) is 0 Å². The molecular weight excluding hydrogens is 268 g/mol. The fourth-order valence-corrected chi connectivity index (χ4v) is 3.62. The number of fused-ring (bicyclic) bond motifs is 8. The van der Waals surface area contributed by atoms with Gasteiger partial charge in [0, 0.05) is 22.4 Å². The van der Waals surface area contributed by atoms with E-state index in [2.05, 4.69) is 72.8 Å². The van der Waals surface area contributed by atoms with Crippen LogP contribution >= 0.6 is 0 Å². The maximum absolute atomic E-state index is 6.23. The van der Waals surface area contributed by atoms with E-state index in [0.717, 1.165) is 11.3 Å². The lowest BCUT2D eigenvalue weighted by molar-refractivity contribution is 0.625. The predicted octanol–water partition coefficient (Wildman–Crippen LogP) is 5.71. The van der Waals surface area contributed by atoms with Gasteiger partial charge in [0.05, 0.1) is 0 Å². The number of hydrogen-bond acceptors (Lipinski definition) is 1. The van der Waals surface area contributed by atoms with Crippen molar-refractivity contribution < 1.29 is 4.42 Å². The molecule has 0 aliphatic heterocycles. The number of rotatable bonds is 0. The third-order valence-electron chi connectivity index (χ3n) is 4.56. The molecule has 1 atom stereocenters. The van der Waals surface area contributed by atoms with Crippen molar-refractivity contribution in [3.05, 3.63) is 90.0 Å². The molecule has 22 heavy (non-hydrogen) atoms. The first kappa shape index (κ1) is 11.8. The molecule has 2 aromatic carbocycles. The first-order chi connectivity index (χ1) is 10.9. The summed E-state index contributed by atoms with van der Waals surface area (Å²) in [6.07, 6.45) is 10.8. The van der Waals surface area contributed by atoms with Crippen molar-refractivity contribution in [3.63, 3.8) is 0 Å². The van der Waals surface area contributed by atoms with Crippen molar-refractivity contribution in [2.75, 3.05) is 0 Å². The van der Waals surface area contributed by atoms with Gasteiger partial charge >= 0.3 is 0 Å². The van der Waals surface area contributed by atoms with Crippen LogP contribution in [0.2, 0.25) is 0 Å². The van der Waals surface area contributed by atoms with Crippen molar-refractivity contribution in [1.29, 1.82) is 0 Å². The first-order valence-electron chi connectivity index (χ1n) is 7.60. The van der Waals surface area contributed by atoms with Crippen LogP contribution in [-0.4, -0.2) is 0 Å². The van der Waals surface area contributed by atoms with E-state index in [1.165, 1.54) is 27.6 Å². The highest BCUT2D eigenvalue weighted by molar-refractivity contribution is 5.99. The van der Waals surface area contributed by atoms with Gasteiger partial charge in [-0.25, -0.2) is 0 Å². The van der Waals surface area contributed by atoms with Gasteiger partial charge in [-0.1, -0.05) is 72.8 Å². The van der Waals surface area contributed by atoms with Gasteiger partial charge in [0.2, 0.25) is 0 Å². The Hall–Kier alpha value is -2.80. The Kier molecular flexibility index (Phi) is 2.33. The van der Waals surface area contributed by atoms with Crippen LogP contribution in [0, 0.1) is 0 Å². The summed E-state index contributed by atoms with van der Waals surface area (Å²) in [5.74, 6) is 1.27. The molecule has 5 rings (SSSR count). The van der Waals surface area contributed by atoms with E-state index in [1.807, 2.05) is 6.07 Å². The van der Waals surface area contributed by atoms with Gasteiger partial charge in [-0.05, 0) is 17.2 Å². The molecule has 0 fully saturated rings. The van der Waals surface area contributed by atoms with Gasteiger partial charge in [0.25, 0.3) is 0 Å². The Morgan fingerprint density at radius 1 is 0.773 bits per heavy atom. The minimum absolute atomic E-state index is 0.253. The summed E-state index contributed by atoms with van der Waals surface area (Å²) < 4.78 is 6.23. The van der Waals surface area contributed by atoms with E-state index in [4.69, 9.17) is 4.42 Å². The molecule has 2 aliphatic carbocycles. The second-order valence-corrected chi connectivity index (χ2v) is 5.76. The fourth-order valence-electron chi connectivity index (χ4n) is 3.62. The van der Waals surface area contributed by atoms with Gasteiger partial charge < -0.3 is 4.42 Å². The normalized spacial score (nSPS) is 18.4. The van der Waals surface area contributed by atoms with E-state index in [-0.39, 0.29) is 5.92 Å². The Balaban J connectivity index is 1.95. The van der Waals surface area contributed by atoms with Crippen molar-refractivity contribution in [2.45, 2.75) is 5.92 Å². The third kappa shape index (κ3) is 1.48. The lowest BCUT2D eigenvalue weighted by atomic mass is 9.77. The van der Waals surface area contributed by atoms with Gasteiger partial charge in [-0.15, -0.1) is 0 Å². The summed E-state index contributed by atoms with van der Waals surface area (Å²) in [5, 5.41) is 1.22. The minimum Gasteiger partial charge on any atom is -0.456 e. The highest BCUT2D eigenvalue weighted by Crippen LogP contribution is 2.51. The lowest BCUT2D eigenvalue weighted by Crippen LogP contribution is -2.06. The number of benzene rings is 2. The summed E-state index contributed by atoms with van der Waals surface area (Å²) in [6, 6.07) is 16.9. The molecule has 2 aliphatic rings. The lowest BCUT2D eigenvalue weighted by Gasteiger charge is -2.25. The molecule has 1 nitrogen and oxygen atoms in total. The Morgan fingerprint density at radius 2 is 1.59 bits per heavy atom. The highest BCUT2D eigenvalue weighted by atomic mass is 16.3. The molecule has 1 heterocycles. The molecule has 0 radical (unpaired) electrons. The smallest absolute Gasteiger partial charge is 0.140 e. The maximum atomic E-state index is 6.23. The van der Waals surface area contributed by atoms with Crippen LogP contribution in [0.15, 0.2) is 83.3 Å². The Bertz CT molecular complexity index is 982. The number of furan rings is 1. The summed E-state index contributed by atoms with van der Waals surface area (Å²) in [5.41, 5.74) is 6.07. The van der Waals surface area contributed by atoms with Crippen LogP contribution in [0.3, 0.4) is 0 Å². The molecule has 1 unspecified atom stereocenters. The van der Waals surface area contributed by atoms with Gasteiger partial charge in [0.1, 0.15) is 11.3 Å². The van der Waals surface area contributed by atoms with Crippen LogP contribution in [0.1, 0.15) is 17.0 Å². The summed E-state index contributed by atoms with van der Waals surface area (Å²) in [7, 11) is 0. The average molecular weight is 282 g/mol. The monoisotopic (exact) mass is 282 g/mol. The number of para-hydroxylation sites is 1. The van der Waals surface area contributed by atoms with Crippen LogP contribution < -0.4 is 0 Å². The molecule has 0 saturated heterocycles. The zero-order valence-electron chi connectivity index (χ0n) is 12.0. The molecule has 0 saturated carbocycles. The average Bonchev–Trinajstić information content (AvgIpc) is 2.78. The van der Waals surface area contributed by atoms with Gasteiger partial charge in [0.15, 0.2) is 0 Å². The first-order valence-corrected chi connectivity index (χ1v) is 7.60. The zero-order chi connectivity index (χ0) is 14.5. The summed E-state index contributed by atoms with van der Waals surface area (Å²) in [4.78, 5) is 0. The van der Waals surface area contributed by atoms with Crippen molar-refractivity contribution in [1.82, 2.24) is 0 Å². The zero-order valence-corrected chi connectivity index (χ0v) is 12.0. The molecule has 0 N–H and O–H groups in total. The van der Waals surface area contributed by atoms with E-state index in [0.29, 0.717) is 0 Å². The molecular formula is C21H14O. The van der Waals surface area contributed by atoms with Crippen LogP contribution in [0.25, 0.3) is 27.9 Å². The molecule has 104 valence electrons. The summed E-state index contributed by atoms with van der Waals surface area (Å²) in [6.45, 7) is 0. The van der Waals surface area contributed by atoms with Gasteiger partial charge in [-0.2, -0.15) is 0 Å². The minimum atomic E-state index is 0.253. The second kappa shape index (κ2) is 4.35. The Morgan fingerprint density at radius 3 is 2.55 bits per heavy atom. The number of allylic oxidation sites excluding steroid dienone is 6. The van der Waals surface area contributed by atoms with Crippen molar-refractivity contribution >= 4 is 16.5 Å². The van der Waals surface area contributed by atoms with E-state index >= 15 is 0 Å². The molecule has 0 bridgehead atoms. The predicted molar refractivity (Wildman–Crippen MR) is 90.6 cm³/mol. The van der Waals surface area contributed by atoms with E-state index < -0.39 is 0 Å². The van der Waals surface area contributed by atoms with E-state index in [9.17, 15) is 0 Å². The maximum Gasteiger partial charge on any atom is 0.140 e. The SMILES string of the molecule is C1=CC=C2c3ccccc3-c3oc4ccccc4c3C2C=C1. The molecule has 1 heteroatoms. The standard InChI is InChI=1S/C21H14O/c1-2-8-14-15-9-4-5-11-17(15)21-20(16(14)10-3-1)18-12-6-7-13-19(18)22-21/h1-13,16H. The van der Waals surface area contributed by atoms with Crippen LogP contribution in [0.4, 0.5) is 0 Å². The largest absolute Gasteiger partial charge is 0.456 e. The fraction of sp³-hybridized carbons (Fsp3) is 0.0476. The van der Waals surface area contributed by atoms with Gasteiger partial charge in [-0.3, -0.25) is 0 Å². The summed E-state index contributed by atoms with van der Waals surface area (Å²) >= 11 is 0. The third-order valence-corrected chi connectivity index (χ3v) is 4.56. The highest BCUT2D eigenvalue weighted by Gasteiger charge is 2.32.